The molecule has 1 fully saturated rings. The molecule has 2 heterocycles. The molecule has 1 aliphatic rings. The maximum Gasteiger partial charge on any atom is 0.272 e. The summed E-state index contributed by atoms with van der Waals surface area (Å²) in [4.78, 5) is 32.8. The van der Waals surface area contributed by atoms with Gasteiger partial charge in [-0.25, -0.2) is 0 Å². The van der Waals surface area contributed by atoms with Crippen LogP contribution < -0.4 is 0 Å². The van der Waals surface area contributed by atoms with Gasteiger partial charge in [0, 0.05) is 37.9 Å². The van der Waals surface area contributed by atoms with Crippen molar-refractivity contribution < 1.29 is 14.3 Å². The first-order valence-electron chi connectivity index (χ1n) is 8.29. The van der Waals surface area contributed by atoms with E-state index in [-0.39, 0.29) is 11.8 Å². The van der Waals surface area contributed by atoms with Crippen LogP contribution in [0.25, 0.3) is 0 Å². The predicted molar refractivity (Wildman–Crippen MR) is 87.4 cm³/mol. The Balaban J connectivity index is 2.14. The van der Waals surface area contributed by atoms with Gasteiger partial charge in [0.2, 0.25) is 0 Å². The van der Waals surface area contributed by atoms with Crippen LogP contribution >= 0.6 is 0 Å². The lowest BCUT2D eigenvalue weighted by molar-refractivity contribution is 0.0303. The largest absolute Gasteiger partial charge is 0.378 e. The second-order valence-electron chi connectivity index (χ2n) is 5.63. The summed E-state index contributed by atoms with van der Waals surface area (Å²) >= 11 is 0. The molecule has 1 saturated heterocycles. The SMILES string of the molecule is CCCN(CCC)C(=O)c1cc(C(=O)N2CCOCC2)ccn1. The van der Waals surface area contributed by atoms with Gasteiger partial charge in [0.1, 0.15) is 5.69 Å². The third-order valence-electron chi connectivity index (χ3n) is 3.80. The van der Waals surface area contributed by atoms with Gasteiger partial charge in [0.25, 0.3) is 11.8 Å². The zero-order chi connectivity index (χ0) is 16.7. The van der Waals surface area contributed by atoms with E-state index in [4.69, 9.17) is 4.74 Å². The Morgan fingerprint density at radius 2 is 1.87 bits per heavy atom. The number of carbonyl (C=O) groups excluding carboxylic acids is 2. The van der Waals surface area contributed by atoms with E-state index < -0.39 is 0 Å². The summed E-state index contributed by atoms with van der Waals surface area (Å²) in [6, 6.07) is 3.27. The third-order valence-corrected chi connectivity index (χ3v) is 3.80. The molecule has 1 aromatic rings. The van der Waals surface area contributed by atoms with Crippen molar-refractivity contribution in [2.24, 2.45) is 0 Å². The summed E-state index contributed by atoms with van der Waals surface area (Å²) in [7, 11) is 0. The van der Waals surface area contributed by atoms with Gasteiger partial charge in [-0.1, -0.05) is 13.8 Å². The highest BCUT2D eigenvalue weighted by molar-refractivity contribution is 5.98. The quantitative estimate of drug-likeness (QED) is 0.802. The molecular weight excluding hydrogens is 294 g/mol. The van der Waals surface area contributed by atoms with Crippen LogP contribution in [0.4, 0.5) is 0 Å². The Morgan fingerprint density at radius 3 is 2.48 bits per heavy atom. The maximum atomic E-state index is 12.6. The van der Waals surface area contributed by atoms with Gasteiger partial charge in [-0.15, -0.1) is 0 Å². The van der Waals surface area contributed by atoms with Crippen LogP contribution in [0.3, 0.4) is 0 Å². The first-order valence-corrected chi connectivity index (χ1v) is 8.29. The molecular formula is C17H25N3O3. The fourth-order valence-electron chi connectivity index (χ4n) is 2.65. The highest BCUT2D eigenvalue weighted by atomic mass is 16.5. The molecule has 2 rings (SSSR count). The minimum atomic E-state index is -0.106. The zero-order valence-electron chi connectivity index (χ0n) is 14.0. The van der Waals surface area contributed by atoms with Crippen LogP contribution in [-0.4, -0.2) is 66.0 Å². The van der Waals surface area contributed by atoms with Crippen molar-refractivity contribution in [2.75, 3.05) is 39.4 Å². The number of amides is 2. The minimum Gasteiger partial charge on any atom is -0.378 e. The minimum absolute atomic E-state index is 0.0673. The number of nitrogens with zero attached hydrogens (tertiary/aromatic N) is 3. The fourth-order valence-corrected chi connectivity index (χ4v) is 2.65. The Morgan fingerprint density at radius 1 is 1.22 bits per heavy atom. The summed E-state index contributed by atoms with van der Waals surface area (Å²) in [5, 5.41) is 0. The van der Waals surface area contributed by atoms with E-state index in [1.54, 1.807) is 21.9 Å². The van der Waals surface area contributed by atoms with Gasteiger partial charge < -0.3 is 14.5 Å². The molecule has 0 aromatic carbocycles. The van der Waals surface area contributed by atoms with Crippen LogP contribution in [0.1, 0.15) is 47.5 Å². The Kier molecular flexibility index (Phi) is 6.52. The molecule has 0 unspecified atom stereocenters. The normalized spacial score (nSPS) is 14.6. The Hall–Kier alpha value is -1.95. The van der Waals surface area contributed by atoms with E-state index in [1.165, 1.54) is 6.20 Å². The molecule has 126 valence electrons. The summed E-state index contributed by atoms with van der Waals surface area (Å²) < 4.78 is 5.27. The second kappa shape index (κ2) is 8.62. The number of carbonyl (C=O) groups is 2. The van der Waals surface area contributed by atoms with E-state index in [0.717, 1.165) is 12.8 Å². The monoisotopic (exact) mass is 319 g/mol. The van der Waals surface area contributed by atoms with Gasteiger partial charge in [-0.2, -0.15) is 0 Å². The topological polar surface area (TPSA) is 62.7 Å². The van der Waals surface area contributed by atoms with Crippen molar-refractivity contribution >= 4 is 11.8 Å². The van der Waals surface area contributed by atoms with Crippen LogP contribution in [0.5, 0.6) is 0 Å². The molecule has 1 aromatic heterocycles. The standard InChI is InChI=1S/C17H25N3O3/c1-3-7-19(8-4-2)17(22)15-13-14(5-6-18-15)16(21)20-9-11-23-12-10-20/h5-6,13H,3-4,7-12H2,1-2H3. The number of morpholine rings is 1. The van der Waals surface area contributed by atoms with Crippen LogP contribution in [0.15, 0.2) is 18.3 Å². The fraction of sp³-hybridized carbons (Fsp3) is 0.588. The molecule has 0 spiro atoms. The number of pyridine rings is 1. The Labute approximate surface area is 137 Å². The van der Waals surface area contributed by atoms with E-state index in [1.807, 2.05) is 13.8 Å². The molecule has 0 N–H and O–H groups in total. The lowest BCUT2D eigenvalue weighted by Crippen LogP contribution is -2.40. The lowest BCUT2D eigenvalue weighted by atomic mass is 10.1. The van der Waals surface area contributed by atoms with Crippen LogP contribution in [0, 0.1) is 0 Å². The van der Waals surface area contributed by atoms with Crippen molar-refractivity contribution in [1.29, 1.82) is 0 Å². The molecule has 0 aliphatic carbocycles. The van der Waals surface area contributed by atoms with Gasteiger partial charge >= 0.3 is 0 Å². The van der Waals surface area contributed by atoms with Gasteiger partial charge in [0.15, 0.2) is 0 Å². The smallest absolute Gasteiger partial charge is 0.272 e. The number of rotatable bonds is 6. The van der Waals surface area contributed by atoms with Crippen molar-refractivity contribution in [1.82, 2.24) is 14.8 Å². The van der Waals surface area contributed by atoms with Gasteiger partial charge in [0.05, 0.1) is 13.2 Å². The predicted octanol–water partition coefficient (Wildman–Crippen LogP) is 1.82. The Bertz CT molecular complexity index is 536. The summed E-state index contributed by atoms with van der Waals surface area (Å²) in [5.74, 6) is -0.174. The van der Waals surface area contributed by atoms with Crippen molar-refractivity contribution in [3.8, 4) is 0 Å². The molecule has 6 nitrogen and oxygen atoms in total. The highest BCUT2D eigenvalue weighted by Gasteiger charge is 2.21. The van der Waals surface area contributed by atoms with Gasteiger partial charge in [-0.05, 0) is 25.0 Å². The number of ether oxygens (including phenoxy) is 1. The summed E-state index contributed by atoms with van der Waals surface area (Å²) in [5.41, 5.74) is 0.851. The summed E-state index contributed by atoms with van der Waals surface area (Å²) in [6.45, 7) is 7.78. The van der Waals surface area contributed by atoms with Crippen LogP contribution in [-0.2, 0) is 4.74 Å². The molecule has 0 saturated carbocycles. The van der Waals surface area contributed by atoms with E-state index >= 15 is 0 Å². The van der Waals surface area contributed by atoms with Crippen molar-refractivity contribution in [3.63, 3.8) is 0 Å². The summed E-state index contributed by atoms with van der Waals surface area (Å²) in [6.07, 6.45) is 3.34. The molecule has 0 atom stereocenters. The van der Waals surface area contributed by atoms with E-state index in [0.29, 0.717) is 50.7 Å². The maximum absolute atomic E-state index is 12.6. The molecule has 0 bridgehead atoms. The highest BCUT2D eigenvalue weighted by Crippen LogP contribution is 2.11. The average Bonchev–Trinajstić information content (AvgIpc) is 2.61. The number of hydrogen-bond donors (Lipinski definition) is 0. The zero-order valence-corrected chi connectivity index (χ0v) is 14.0. The molecule has 0 radical (unpaired) electrons. The molecule has 1 aliphatic heterocycles. The van der Waals surface area contributed by atoms with Crippen molar-refractivity contribution in [3.05, 3.63) is 29.6 Å². The molecule has 23 heavy (non-hydrogen) atoms. The first-order chi connectivity index (χ1) is 11.2. The molecule has 6 heteroatoms. The van der Waals surface area contributed by atoms with E-state index in [9.17, 15) is 9.59 Å². The van der Waals surface area contributed by atoms with E-state index in [2.05, 4.69) is 4.98 Å². The average molecular weight is 319 g/mol. The van der Waals surface area contributed by atoms with Crippen molar-refractivity contribution in [2.45, 2.75) is 26.7 Å². The second-order valence-corrected chi connectivity index (χ2v) is 5.63. The van der Waals surface area contributed by atoms with Crippen LogP contribution in [0.2, 0.25) is 0 Å². The molecule has 2 amide bonds. The van der Waals surface area contributed by atoms with Gasteiger partial charge in [-0.3, -0.25) is 14.6 Å². The lowest BCUT2D eigenvalue weighted by Gasteiger charge is -2.27. The first kappa shape index (κ1) is 17.4. The number of hydrogen-bond acceptors (Lipinski definition) is 4. The third kappa shape index (κ3) is 4.51. The number of aromatic nitrogens is 1.